The number of carbonyl (C=O) groups is 1. The molecule has 3 aliphatic carbocycles. The van der Waals surface area contributed by atoms with Crippen molar-refractivity contribution in [2.45, 2.75) is 123 Å². The molecule has 0 aromatic rings. The molecule has 164 valence electrons. The number of hydrogen-bond acceptors (Lipinski definition) is 4. The zero-order chi connectivity index (χ0) is 21.9. The van der Waals surface area contributed by atoms with Crippen LogP contribution in [0.4, 0.5) is 0 Å². The highest BCUT2D eigenvalue weighted by Crippen LogP contribution is 2.54. The van der Waals surface area contributed by atoms with Gasteiger partial charge in [-0.25, -0.2) is 0 Å². The molecule has 0 heterocycles. The second-order valence-electron chi connectivity index (χ2n) is 12.7. The average molecular weight is 429 g/mol. The Kier molecular flexibility index (Phi) is 6.32. The van der Waals surface area contributed by atoms with Crippen LogP contribution in [0.5, 0.6) is 0 Å². The van der Waals surface area contributed by atoms with E-state index < -0.39 is 16.6 Å². The van der Waals surface area contributed by atoms with Crippen LogP contribution in [0.1, 0.15) is 61.3 Å². The molecule has 28 heavy (non-hydrogen) atoms. The summed E-state index contributed by atoms with van der Waals surface area (Å²) in [6, 6.07) is 0. The smallest absolute Gasteiger partial charge is 0.192 e. The number of hydrogen-bond donors (Lipinski definition) is 0. The van der Waals surface area contributed by atoms with Gasteiger partial charge in [0.15, 0.2) is 22.4 Å². The lowest BCUT2D eigenvalue weighted by atomic mass is 9.56. The van der Waals surface area contributed by atoms with E-state index in [2.05, 4.69) is 81.2 Å². The van der Waals surface area contributed by atoms with Crippen molar-refractivity contribution < 1.29 is 18.4 Å². The predicted molar refractivity (Wildman–Crippen MR) is 121 cm³/mol. The van der Waals surface area contributed by atoms with E-state index in [0.717, 1.165) is 12.8 Å². The molecule has 2 bridgehead atoms. The van der Waals surface area contributed by atoms with Gasteiger partial charge in [-0.05, 0) is 71.4 Å². The number of ketones is 1. The Hall–Kier alpha value is -0.0162. The van der Waals surface area contributed by atoms with Crippen LogP contribution in [0, 0.1) is 11.3 Å². The van der Waals surface area contributed by atoms with Crippen LogP contribution in [0.3, 0.4) is 0 Å². The largest absolute Gasteiger partial charge is 0.413 e. The van der Waals surface area contributed by atoms with Crippen LogP contribution in [0.15, 0.2) is 0 Å². The van der Waals surface area contributed by atoms with Crippen molar-refractivity contribution in [3.05, 3.63) is 0 Å². The summed E-state index contributed by atoms with van der Waals surface area (Å²) in [6.45, 7) is 26.3. The van der Waals surface area contributed by atoms with Gasteiger partial charge in [0.25, 0.3) is 0 Å². The minimum Gasteiger partial charge on any atom is -0.413 e. The van der Waals surface area contributed by atoms with Crippen LogP contribution >= 0.6 is 0 Å². The summed E-state index contributed by atoms with van der Waals surface area (Å²) in [5, 5.41) is 0.128. The molecule has 0 spiro atoms. The first kappa shape index (κ1) is 24.3. The van der Waals surface area contributed by atoms with E-state index in [4.69, 9.17) is 13.6 Å². The molecule has 3 aliphatic rings. The van der Waals surface area contributed by atoms with Gasteiger partial charge in [-0.2, -0.15) is 0 Å². The first-order valence-corrected chi connectivity index (χ1v) is 17.2. The zero-order valence-electron chi connectivity index (χ0n) is 20.4. The number of Topliss-reactive ketones (excluding diaryl/α,β-unsaturated/α-hetero) is 1. The molecule has 0 unspecified atom stereocenters. The molecule has 0 amide bonds. The fourth-order valence-electron chi connectivity index (χ4n) is 4.29. The number of fused-ring (bicyclic) bond motifs is 3. The zero-order valence-corrected chi connectivity index (χ0v) is 22.4. The average Bonchev–Trinajstić information content (AvgIpc) is 2.41. The van der Waals surface area contributed by atoms with E-state index >= 15 is 0 Å². The molecular weight excluding hydrogens is 384 g/mol. The number of ether oxygens (including phenoxy) is 1. The minimum atomic E-state index is -1.96. The molecule has 0 aliphatic heterocycles. The lowest BCUT2D eigenvalue weighted by Crippen LogP contribution is -2.68. The normalized spacial score (nSPS) is 34.8. The van der Waals surface area contributed by atoms with Gasteiger partial charge in [0.2, 0.25) is 0 Å². The summed E-state index contributed by atoms with van der Waals surface area (Å²) >= 11 is 0. The Labute approximate surface area is 175 Å². The standard InChI is InChI=1S/C22H44O4Si2/c1-20(2,3)24-17-13-15-16(25-28(11,12)21(4,5)6)14-22(17,7)19(18(15)23)26-27(8,9)10/h15-17,19H,13-14H2,1-12H3/t15-,16+,17+,19+,22-/m1/s1. The van der Waals surface area contributed by atoms with Gasteiger partial charge in [0.05, 0.1) is 17.8 Å². The van der Waals surface area contributed by atoms with Crippen molar-refractivity contribution in [2.24, 2.45) is 11.3 Å². The van der Waals surface area contributed by atoms with Gasteiger partial charge in [-0.15, -0.1) is 0 Å². The first-order chi connectivity index (χ1) is 12.3. The summed E-state index contributed by atoms with van der Waals surface area (Å²) in [4.78, 5) is 13.5. The van der Waals surface area contributed by atoms with E-state index in [9.17, 15) is 4.79 Å². The number of carbonyl (C=O) groups excluding carboxylic acids is 1. The summed E-state index contributed by atoms with van der Waals surface area (Å²) < 4.78 is 19.8. The highest BCUT2D eigenvalue weighted by Gasteiger charge is 2.63. The van der Waals surface area contributed by atoms with Crippen molar-refractivity contribution >= 4 is 22.4 Å². The fourth-order valence-corrected chi connectivity index (χ4v) is 6.74. The van der Waals surface area contributed by atoms with E-state index in [-0.39, 0.29) is 46.1 Å². The van der Waals surface area contributed by atoms with Gasteiger partial charge < -0.3 is 13.6 Å². The van der Waals surface area contributed by atoms with E-state index in [0.29, 0.717) is 0 Å². The van der Waals surface area contributed by atoms with Crippen LogP contribution in [-0.2, 0) is 18.4 Å². The molecule has 0 radical (unpaired) electrons. The predicted octanol–water partition coefficient (Wildman–Crippen LogP) is 5.78. The Morgan fingerprint density at radius 1 is 0.964 bits per heavy atom. The van der Waals surface area contributed by atoms with E-state index in [1.807, 2.05) is 0 Å². The van der Waals surface area contributed by atoms with Crippen molar-refractivity contribution in [1.82, 2.24) is 0 Å². The van der Waals surface area contributed by atoms with Crippen molar-refractivity contribution in [1.29, 1.82) is 0 Å². The molecule has 0 N–H and O–H groups in total. The third-order valence-electron chi connectivity index (χ3n) is 6.74. The SMILES string of the molecule is CC(C)(C)O[C@H]1C[C@H]2C(=O)[C@H](O[Si](C)(C)C)[C@]1(C)C[C@@H]2O[Si](C)(C)C(C)(C)C. The first-order valence-electron chi connectivity index (χ1n) is 10.8. The summed E-state index contributed by atoms with van der Waals surface area (Å²) in [6.07, 6.45) is 1.23. The van der Waals surface area contributed by atoms with Crippen LogP contribution in [0.25, 0.3) is 0 Å². The topological polar surface area (TPSA) is 44.8 Å². The van der Waals surface area contributed by atoms with Crippen LogP contribution < -0.4 is 0 Å². The fraction of sp³-hybridized carbons (Fsp3) is 0.955. The maximum Gasteiger partial charge on any atom is 0.192 e. The third kappa shape index (κ3) is 4.99. The lowest BCUT2D eigenvalue weighted by Gasteiger charge is -2.59. The van der Waals surface area contributed by atoms with Gasteiger partial charge in [-0.3, -0.25) is 4.79 Å². The molecule has 0 saturated heterocycles. The Balaban J connectivity index is 2.37. The quantitative estimate of drug-likeness (QED) is 0.521. The summed E-state index contributed by atoms with van der Waals surface area (Å²) in [5.41, 5.74) is -0.583. The third-order valence-corrected chi connectivity index (χ3v) is 12.2. The van der Waals surface area contributed by atoms with E-state index in [1.165, 1.54) is 0 Å². The second kappa shape index (κ2) is 7.29. The van der Waals surface area contributed by atoms with Gasteiger partial charge >= 0.3 is 0 Å². The maximum atomic E-state index is 13.5. The molecular formula is C22H44O4Si2. The van der Waals surface area contributed by atoms with Gasteiger partial charge in [-0.1, -0.05) is 27.7 Å². The molecule has 0 aromatic heterocycles. The lowest BCUT2D eigenvalue weighted by molar-refractivity contribution is -0.214. The van der Waals surface area contributed by atoms with Crippen molar-refractivity contribution in [2.75, 3.05) is 0 Å². The van der Waals surface area contributed by atoms with Crippen LogP contribution in [-0.4, -0.2) is 46.3 Å². The molecule has 0 aromatic carbocycles. The second-order valence-corrected chi connectivity index (χ2v) is 21.9. The number of rotatable bonds is 5. The van der Waals surface area contributed by atoms with Crippen molar-refractivity contribution in [3.8, 4) is 0 Å². The molecule has 3 rings (SSSR count). The molecule has 4 nitrogen and oxygen atoms in total. The molecule has 3 fully saturated rings. The summed E-state index contributed by atoms with van der Waals surface area (Å²) in [5.74, 6) is 0.123. The highest BCUT2D eigenvalue weighted by atomic mass is 28.4. The molecule has 3 saturated carbocycles. The molecule has 6 heteroatoms. The summed E-state index contributed by atoms with van der Waals surface area (Å²) in [7, 11) is -3.82. The van der Waals surface area contributed by atoms with Gasteiger partial charge in [0.1, 0.15) is 6.10 Å². The monoisotopic (exact) mass is 428 g/mol. The van der Waals surface area contributed by atoms with E-state index in [1.54, 1.807) is 0 Å². The Bertz CT molecular complexity index is 597. The van der Waals surface area contributed by atoms with Crippen LogP contribution in [0.2, 0.25) is 37.8 Å². The highest BCUT2D eigenvalue weighted by molar-refractivity contribution is 6.74. The minimum absolute atomic E-state index is 0.0142. The Morgan fingerprint density at radius 2 is 1.50 bits per heavy atom. The maximum absolute atomic E-state index is 13.5. The van der Waals surface area contributed by atoms with Crippen molar-refractivity contribution in [3.63, 3.8) is 0 Å². The van der Waals surface area contributed by atoms with Gasteiger partial charge in [0, 0.05) is 11.3 Å². The Morgan fingerprint density at radius 3 is 1.93 bits per heavy atom. The molecule has 5 atom stereocenters.